The van der Waals surface area contributed by atoms with Crippen molar-refractivity contribution in [2.45, 2.75) is 32.1 Å². The van der Waals surface area contributed by atoms with Crippen LogP contribution in [0.4, 0.5) is 0 Å². The zero-order chi connectivity index (χ0) is 17.1. The summed E-state index contributed by atoms with van der Waals surface area (Å²) in [7, 11) is 0. The van der Waals surface area contributed by atoms with Crippen molar-refractivity contribution in [3.05, 3.63) is 59.2 Å². The van der Waals surface area contributed by atoms with Gasteiger partial charge >= 0.3 is 0 Å². The van der Waals surface area contributed by atoms with Crippen LogP contribution in [0.3, 0.4) is 0 Å². The maximum Gasteiger partial charge on any atom is 0.222 e. The van der Waals surface area contributed by atoms with Crippen LogP contribution in [0.5, 0.6) is 0 Å². The molecule has 1 N–H and O–H groups in total. The van der Waals surface area contributed by atoms with E-state index in [1.54, 1.807) is 0 Å². The number of benzene rings is 2. The molecule has 3 nitrogen and oxygen atoms in total. The highest BCUT2D eigenvalue weighted by Crippen LogP contribution is 2.36. The second kappa shape index (κ2) is 7.40. The van der Waals surface area contributed by atoms with Gasteiger partial charge in [0.1, 0.15) is 0 Å². The molecule has 4 rings (SSSR count). The van der Waals surface area contributed by atoms with E-state index in [4.69, 9.17) is 0 Å². The van der Waals surface area contributed by atoms with Gasteiger partial charge in [0.05, 0.1) is 0 Å². The summed E-state index contributed by atoms with van der Waals surface area (Å²) in [5, 5.41) is 3.35. The van der Waals surface area contributed by atoms with E-state index in [1.165, 1.54) is 27.8 Å². The molecule has 0 radical (unpaired) electrons. The number of hydrogen-bond donors (Lipinski definition) is 1. The number of hydrogen-bond acceptors (Lipinski definition) is 2. The fourth-order valence-electron chi connectivity index (χ4n) is 4.02. The Morgan fingerprint density at radius 2 is 1.88 bits per heavy atom. The van der Waals surface area contributed by atoms with Crippen molar-refractivity contribution in [1.29, 1.82) is 0 Å². The molecule has 3 heteroatoms. The fourth-order valence-corrected chi connectivity index (χ4v) is 4.02. The monoisotopic (exact) mass is 334 g/mol. The summed E-state index contributed by atoms with van der Waals surface area (Å²) in [6.45, 7) is 3.71. The van der Waals surface area contributed by atoms with Crippen LogP contribution < -0.4 is 5.32 Å². The van der Waals surface area contributed by atoms with Crippen LogP contribution in [0.15, 0.2) is 42.5 Å². The number of carbonyl (C=O) groups is 1. The van der Waals surface area contributed by atoms with Crippen molar-refractivity contribution < 1.29 is 4.79 Å². The first kappa shape index (κ1) is 16.3. The van der Waals surface area contributed by atoms with Crippen LogP contribution in [0.2, 0.25) is 0 Å². The summed E-state index contributed by atoms with van der Waals surface area (Å²) in [5.74, 6) is 0.315. The minimum absolute atomic E-state index is 0.315. The Labute approximate surface area is 150 Å². The van der Waals surface area contributed by atoms with Crippen molar-refractivity contribution in [3.8, 4) is 11.1 Å². The van der Waals surface area contributed by atoms with E-state index >= 15 is 0 Å². The molecule has 2 aromatic rings. The zero-order valence-corrected chi connectivity index (χ0v) is 14.8. The second-order valence-corrected chi connectivity index (χ2v) is 7.16. The van der Waals surface area contributed by atoms with Gasteiger partial charge in [0.25, 0.3) is 0 Å². The van der Waals surface area contributed by atoms with Gasteiger partial charge in [-0.15, -0.1) is 0 Å². The van der Waals surface area contributed by atoms with Gasteiger partial charge in [-0.2, -0.15) is 0 Å². The summed E-state index contributed by atoms with van der Waals surface area (Å²) >= 11 is 0. The third-order valence-corrected chi connectivity index (χ3v) is 5.41. The third-order valence-electron chi connectivity index (χ3n) is 5.41. The van der Waals surface area contributed by atoms with Crippen molar-refractivity contribution in [3.63, 3.8) is 0 Å². The lowest BCUT2D eigenvalue weighted by atomic mass is 10.00. The van der Waals surface area contributed by atoms with Crippen molar-refractivity contribution in [2.75, 3.05) is 26.2 Å². The molecule has 1 aliphatic carbocycles. The van der Waals surface area contributed by atoms with Crippen LogP contribution in [0, 0.1) is 0 Å². The summed E-state index contributed by atoms with van der Waals surface area (Å²) in [5.41, 5.74) is 6.98. The standard InChI is InChI=1S/C22H26N2O/c25-22(24-13-4-11-23-12-14-24)8-3-5-17-9-10-19-16-18-6-1-2-7-20(18)21(19)15-17/h1-2,6-7,9-10,15,23H,3-5,8,11-14,16H2. The number of carbonyl (C=O) groups excluding carboxylic acids is 1. The summed E-state index contributed by atoms with van der Waals surface area (Å²) in [6, 6.07) is 15.5. The maximum atomic E-state index is 12.4. The molecular weight excluding hydrogens is 308 g/mol. The molecule has 2 aliphatic rings. The van der Waals surface area contributed by atoms with Crippen molar-refractivity contribution in [1.82, 2.24) is 10.2 Å². The maximum absolute atomic E-state index is 12.4. The Balaban J connectivity index is 1.36. The van der Waals surface area contributed by atoms with E-state index in [9.17, 15) is 4.79 Å². The topological polar surface area (TPSA) is 32.3 Å². The highest BCUT2D eigenvalue weighted by Gasteiger charge is 2.18. The number of amides is 1. The Bertz CT molecular complexity index is 760. The van der Waals surface area contributed by atoms with Crippen LogP contribution in [0.25, 0.3) is 11.1 Å². The van der Waals surface area contributed by atoms with Crippen LogP contribution in [-0.2, 0) is 17.6 Å². The average Bonchev–Trinajstić information content (AvgIpc) is 2.81. The molecule has 1 aliphatic heterocycles. The molecule has 25 heavy (non-hydrogen) atoms. The minimum Gasteiger partial charge on any atom is -0.341 e. The lowest BCUT2D eigenvalue weighted by Crippen LogP contribution is -2.34. The molecule has 0 atom stereocenters. The Morgan fingerprint density at radius 1 is 1.00 bits per heavy atom. The Hall–Kier alpha value is -2.13. The van der Waals surface area contributed by atoms with Crippen molar-refractivity contribution >= 4 is 5.91 Å². The normalized spacial score (nSPS) is 16.2. The number of nitrogens with zero attached hydrogens (tertiary/aromatic N) is 1. The largest absolute Gasteiger partial charge is 0.341 e. The van der Waals surface area contributed by atoms with E-state index in [0.29, 0.717) is 12.3 Å². The zero-order valence-electron chi connectivity index (χ0n) is 14.8. The fraction of sp³-hybridized carbons (Fsp3) is 0.409. The third kappa shape index (κ3) is 3.62. The molecule has 2 aromatic carbocycles. The summed E-state index contributed by atoms with van der Waals surface area (Å²) < 4.78 is 0. The molecule has 0 spiro atoms. The molecule has 0 saturated carbocycles. The average molecular weight is 334 g/mol. The minimum atomic E-state index is 0.315. The van der Waals surface area contributed by atoms with Gasteiger partial charge < -0.3 is 10.2 Å². The molecule has 0 bridgehead atoms. The van der Waals surface area contributed by atoms with E-state index < -0.39 is 0 Å². The predicted octanol–water partition coefficient (Wildman–Crippen LogP) is 3.40. The number of rotatable bonds is 4. The number of fused-ring (bicyclic) bond motifs is 3. The van der Waals surface area contributed by atoms with Gasteiger partial charge in [0.2, 0.25) is 5.91 Å². The van der Waals surface area contributed by atoms with Gasteiger partial charge in [-0.05, 0) is 60.0 Å². The Kier molecular flexibility index (Phi) is 4.84. The number of nitrogens with one attached hydrogen (secondary N) is 1. The van der Waals surface area contributed by atoms with Gasteiger partial charge in [-0.25, -0.2) is 0 Å². The van der Waals surface area contributed by atoms with E-state index in [2.05, 4.69) is 47.8 Å². The molecule has 130 valence electrons. The summed E-state index contributed by atoms with van der Waals surface area (Å²) in [6.07, 6.45) is 4.69. The van der Waals surface area contributed by atoms with Gasteiger partial charge in [0.15, 0.2) is 0 Å². The van der Waals surface area contributed by atoms with Gasteiger partial charge in [0, 0.05) is 26.1 Å². The first-order valence-electron chi connectivity index (χ1n) is 9.50. The first-order valence-corrected chi connectivity index (χ1v) is 9.50. The molecule has 0 aromatic heterocycles. The van der Waals surface area contributed by atoms with Crippen LogP contribution in [0.1, 0.15) is 36.0 Å². The van der Waals surface area contributed by atoms with E-state index in [0.717, 1.165) is 51.9 Å². The highest BCUT2D eigenvalue weighted by atomic mass is 16.2. The molecule has 1 heterocycles. The SMILES string of the molecule is O=C(CCCc1ccc2c(c1)-c1ccccc1C2)N1CCCNCC1. The highest BCUT2D eigenvalue weighted by molar-refractivity contribution is 5.77. The van der Waals surface area contributed by atoms with E-state index in [-0.39, 0.29) is 0 Å². The van der Waals surface area contributed by atoms with Crippen LogP contribution >= 0.6 is 0 Å². The first-order chi connectivity index (χ1) is 12.3. The smallest absolute Gasteiger partial charge is 0.222 e. The lowest BCUT2D eigenvalue weighted by molar-refractivity contribution is -0.131. The molecule has 1 fully saturated rings. The lowest BCUT2D eigenvalue weighted by Gasteiger charge is -2.19. The van der Waals surface area contributed by atoms with Gasteiger partial charge in [-0.1, -0.05) is 42.5 Å². The van der Waals surface area contributed by atoms with Crippen LogP contribution in [-0.4, -0.2) is 37.0 Å². The summed E-state index contributed by atoms with van der Waals surface area (Å²) in [4.78, 5) is 14.4. The predicted molar refractivity (Wildman–Crippen MR) is 102 cm³/mol. The molecule has 1 saturated heterocycles. The second-order valence-electron chi connectivity index (χ2n) is 7.16. The molecule has 0 unspecified atom stereocenters. The van der Waals surface area contributed by atoms with E-state index in [1.807, 2.05) is 4.90 Å². The van der Waals surface area contributed by atoms with Gasteiger partial charge in [-0.3, -0.25) is 4.79 Å². The molecular formula is C22H26N2O. The Morgan fingerprint density at radius 3 is 2.84 bits per heavy atom. The van der Waals surface area contributed by atoms with Crippen molar-refractivity contribution in [2.24, 2.45) is 0 Å². The molecule has 1 amide bonds. The quantitative estimate of drug-likeness (QED) is 0.793. The number of aryl methyl sites for hydroxylation is 1.